The van der Waals surface area contributed by atoms with Gasteiger partial charge in [0, 0.05) is 13.1 Å². The molecule has 0 bridgehead atoms. The summed E-state index contributed by atoms with van der Waals surface area (Å²) in [6.07, 6.45) is 0. The number of rotatable bonds is 5. The van der Waals surface area contributed by atoms with E-state index in [9.17, 15) is 20.7 Å². The topological polar surface area (TPSA) is 71.5 Å². The van der Waals surface area contributed by atoms with Gasteiger partial charge in [-0.3, -0.25) is 0 Å². The number of benzene rings is 1. The molecule has 0 aliphatic carbocycles. The molecule has 19 heavy (non-hydrogen) atoms. The first kappa shape index (κ1) is 16.4. The van der Waals surface area contributed by atoms with Crippen molar-refractivity contribution in [3.63, 3.8) is 0 Å². The summed E-state index contributed by atoms with van der Waals surface area (Å²) in [4.78, 5) is -1.15. The van der Waals surface area contributed by atoms with Crippen molar-refractivity contribution in [1.82, 2.24) is 4.31 Å². The van der Waals surface area contributed by atoms with E-state index in [0.29, 0.717) is 0 Å². The standard InChI is InChI=1S/C10H13ClFNO4S2/c1-3-13(4-2)19(16,17)8-5-6-9(11)10(7-8)18(12,14)15/h5-7H,3-4H2,1-2H3. The summed E-state index contributed by atoms with van der Waals surface area (Å²) in [7, 11) is -8.93. The minimum atomic E-state index is -5.07. The van der Waals surface area contributed by atoms with Gasteiger partial charge in [-0.25, -0.2) is 8.42 Å². The predicted octanol–water partition coefficient (Wildman–Crippen LogP) is 2.03. The average Bonchev–Trinajstić information content (AvgIpc) is 2.28. The Balaban J connectivity index is 3.47. The first-order valence-electron chi connectivity index (χ1n) is 5.39. The lowest BCUT2D eigenvalue weighted by molar-refractivity contribution is 0.445. The molecule has 0 N–H and O–H groups in total. The van der Waals surface area contributed by atoms with Crippen LogP contribution in [0.2, 0.25) is 5.02 Å². The quantitative estimate of drug-likeness (QED) is 0.775. The minimum Gasteiger partial charge on any atom is -0.207 e. The zero-order chi connectivity index (χ0) is 14.8. The fourth-order valence-electron chi connectivity index (χ4n) is 1.54. The number of sulfonamides is 1. The predicted molar refractivity (Wildman–Crippen MR) is 69.9 cm³/mol. The molecule has 1 aromatic carbocycles. The second kappa shape index (κ2) is 5.74. The maximum absolute atomic E-state index is 13.0. The third-order valence-corrected chi connectivity index (χ3v) is 5.86. The third kappa shape index (κ3) is 3.44. The van der Waals surface area contributed by atoms with E-state index in [1.807, 2.05) is 0 Å². The van der Waals surface area contributed by atoms with E-state index in [4.69, 9.17) is 11.6 Å². The Labute approximate surface area is 117 Å². The maximum Gasteiger partial charge on any atom is 0.333 e. The van der Waals surface area contributed by atoms with E-state index in [1.54, 1.807) is 13.8 Å². The molecule has 1 aromatic rings. The lowest BCUT2D eigenvalue weighted by atomic mass is 10.4. The SMILES string of the molecule is CCN(CC)S(=O)(=O)c1ccc(Cl)c(S(=O)(=O)F)c1. The molecule has 0 spiro atoms. The minimum absolute atomic E-state index is 0.221. The summed E-state index contributed by atoms with van der Waals surface area (Å²) in [5, 5.41) is -0.360. The molecule has 0 radical (unpaired) electrons. The molecule has 0 aliphatic heterocycles. The van der Waals surface area contributed by atoms with Crippen molar-refractivity contribution < 1.29 is 20.7 Å². The van der Waals surface area contributed by atoms with Crippen molar-refractivity contribution in [3.8, 4) is 0 Å². The van der Waals surface area contributed by atoms with Crippen molar-refractivity contribution >= 4 is 31.8 Å². The van der Waals surface area contributed by atoms with Gasteiger partial charge in [0.1, 0.15) is 4.90 Å². The van der Waals surface area contributed by atoms with Crippen LogP contribution in [0.4, 0.5) is 3.89 Å². The zero-order valence-electron chi connectivity index (χ0n) is 10.3. The van der Waals surface area contributed by atoms with Crippen LogP contribution in [0.5, 0.6) is 0 Å². The summed E-state index contributed by atoms with van der Waals surface area (Å²) in [5.74, 6) is 0. The highest BCUT2D eigenvalue weighted by Crippen LogP contribution is 2.27. The fraction of sp³-hybridized carbons (Fsp3) is 0.400. The van der Waals surface area contributed by atoms with Gasteiger partial charge < -0.3 is 0 Å². The van der Waals surface area contributed by atoms with Gasteiger partial charge in [-0.05, 0) is 18.2 Å². The van der Waals surface area contributed by atoms with Crippen LogP contribution in [0.25, 0.3) is 0 Å². The fourth-order valence-corrected chi connectivity index (χ4v) is 4.07. The molecule has 0 unspecified atom stereocenters. The largest absolute Gasteiger partial charge is 0.333 e. The van der Waals surface area contributed by atoms with E-state index in [-0.39, 0.29) is 23.0 Å². The molecular formula is C10H13ClFNO4S2. The monoisotopic (exact) mass is 329 g/mol. The summed E-state index contributed by atoms with van der Waals surface area (Å²) in [5.41, 5.74) is 0. The van der Waals surface area contributed by atoms with Crippen LogP contribution in [-0.2, 0) is 20.2 Å². The smallest absolute Gasteiger partial charge is 0.207 e. The second-order valence-electron chi connectivity index (χ2n) is 3.62. The first-order valence-corrected chi connectivity index (χ1v) is 8.59. The molecule has 0 fully saturated rings. The first-order chi connectivity index (χ1) is 8.64. The highest BCUT2D eigenvalue weighted by Gasteiger charge is 2.25. The summed E-state index contributed by atoms with van der Waals surface area (Å²) >= 11 is 5.55. The summed E-state index contributed by atoms with van der Waals surface area (Å²) < 4.78 is 60.2. The van der Waals surface area contributed by atoms with Crippen LogP contribution >= 0.6 is 11.6 Å². The Morgan fingerprint density at radius 1 is 1.16 bits per heavy atom. The van der Waals surface area contributed by atoms with Gasteiger partial charge in [-0.15, -0.1) is 3.89 Å². The highest BCUT2D eigenvalue weighted by molar-refractivity contribution is 7.89. The Morgan fingerprint density at radius 3 is 2.11 bits per heavy atom. The van der Waals surface area contributed by atoms with Crippen molar-refractivity contribution in [1.29, 1.82) is 0 Å². The van der Waals surface area contributed by atoms with Crippen molar-refractivity contribution in [3.05, 3.63) is 23.2 Å². The second-order valence-corrected chi connectivity index (χ2v) is 7.28. The summed E-state index contributed by atoms with van der Waals surface area (Å²) in [6.45, 7) is 3.73. The maximum atomic E-state index is 13.0. The van der Waals surface area contributed by atoms with Gasteiger partial charge in [0.15, 0.2) is 0 Å². The molecule has 0 amide bonds. The molecule has 108 valence electrons. The van der Waals surface area contributed by atoms with E-state index in [0.717, 1.165) is 22.5 Å². The van der Waals surface area contributed by atoms with Crippen molar-refractivity contribution in [2.75, 3.05) is 13.1 Å². The van der Waals surface area contributed by atoms with Crippen LogP contribution in [0, 0.1) is 0 Å². The molecule has 0 saturated carbocycles. The van der Waals surface area contributed by atoms with Gasteiger partial charge in [0.25, 0.3) is 0 Å². The normalized spacial score (nSPS) is 12.9. The Morgan fingerprint density at radius 2 is 1.68 bits per heavy atom. The van der Waals surface area contributed by atoms with Crippen LogP contribution < -0.4 is 0 Å². The van der Waals surface area contributed by atoms with E-state index < -0.39 is 25.1 Å². The Hall–Kier alpha value is -0.700. The molecule has 0 saturated heterocycles. The van der Waals surface area contributed by atoms with Gasteiger partial charge in [-0.1, -0.05) is 25.4 Å². The lowest BCUT2D eigenvalue weighted by Crippen LogP contribution is -2.30. The third-order valence-electron chi connectivity index (χ3n) is 2.51. The Bertz CT molecular complexity index is 669. The van der Waals surface area contributed by atoms with Crippen LogP contribution in [-0.4, -0.2) is 34.2 Å². The Kier molecular flexibility index (Phi) is 4.94. The molecule has 9 heteroatoms. The lowest BCUT2D eigenvalue weighted by Gasteiger charge is -2.18. The molecule has 1 rings (SSSR count). The van der Waals surface area contributed by atoms with Crippen LogP contribution in [0.1, 0.15) is 13.8 Å². The van der Waals surface area contributed by atoms with E-state index in [1.165, 1.54) is 0 Å². The molecule has 0 atom stereocenters. The van der Waals surface area contributed by atoms with Crippen LogP contribution in [0.15, 0.2) is 28.0 Å². The van der Waals surface area contributed by atoms with Gasteiger partial charge in [-0.2, -0.15) is 12.7 Å². The van der Waals surface area contributed by atoms with Crippen LogP contribution in [0.3, 0.4) is 0 Å². The van der Waals surface area contributed by atoms with Crippen molar-refractivity contribution in [2.24, 2.45) is 0 Å². The average molecular weight is 330 g/mol. The molecular weight excluding hydrogens is 317 g/mol. The number of nitrogens with zero attached hydrogens (tertiary/aromatic N) is 1. The molecule has 0 aromatic heterocycles. The molecule has 0 aliphatic rings. The number of hydrogen-bond donors (Lipinski definition) is 0. The number of halogens is 2. The summed E-state index contributed by atoms with van der Waals surface area (Å²) in [6, 6.07) is 2.92. The number of hydrogen-bond acceptors (Lipinski definition) is 4. The van der Waals surface area contributed by atoms with E-state index in [2.05, 4.69) is 0 Å². The molecule has 5 nitrogen and oxygen atoms in total. The highest BCUT2D eigenvalue weighted by atomic mass is 35.5. The van der Waals surface area contributed by atoms with Gasteiger partial charge in [0.2, 0.25) is 10.0 Å². The molecule has 0 heterocycles. The van der Waals surface area contributed by atoms with Gasteiger partial charge >= 0.3 is 10.2 Å². The van der Waals surface area contributed by atoms with Gasteiger partial charge in [0.05, 0.1) is 9.92 Å². The van der Waals surface area contributed by atoms with Crippen molar-refractivity contribution in [2.45, 2.75) is 23.6 Å². The zero-order valence-corrected chi connectivity index (χ0v) is 12.7. The van der Waals surface area contributed by atoms with E-state index >= 15 is 0 Å².